The predicted octanol–water partition coefficient (Wildman–Crippen LogP) is 2.37. The zero-order valence-corrected chi connectivity index (χ0v) is 13.7. The van der Waals surface area contributed by atoms with Crippen molar-refractivity contribution >= 4 is 0 Å². The van der Waals surface area contributed by atoms with Crippen LogP contribution in [-0.4, -0.2) is 75.5 Å². The van der Waals surface area contributed by atoms with Crippen molar-refractivity contribution in [3.05, 3.63) is 0 Å². The number of ether oxygens (including phenoxy) is 1. The maximum Gasteiger partial charge on any atom is 0.102 e. The van der Waals surface area contributed by atoms with Crippen LogP contribution in [0.3, 0.4) is 0 Å². The zero-order valence-electron chi connectivity index (χ0n) is 13.7. The van der Waals surface area contributed by atoms with E-state index in [4.69, 9.17) is 4.74 Å². The summed E-state index contributed by atoms with van der Waals surface area (Å²) in [5.74, 6) is 0. The van der Waals surface area contributed by atoms with E-state index in [1.165, 1.54) is 43.6 Å². The van der Waals surface area contributed by atoms with E-state index >= 15 is 0 Å². The number of quaternary nitrogens is 2. The first kappa shape index (κ1) is 17.9. The van der Waals surface area contributed by atoms with E-state index in [9.17, 15) is 0 Å². The summed E-state index contributed by atoms with van der Waals surface area (Å²) in [6, 6.07) is 0. The fourth-order valence-corrected chi connectivity index (χ4v) is 2.22. The van der Waals surface area contributed by atoms with Gasteiger partial charge in [-0.05, 0) is 27.7 Å². The lowest BCUT2D eigenvalue weighted by Gasteiger charge is -2.35. The third-order valence-corrected chi connectivity index (χ3v) is 4.63. The molecule has 0 N–H and O–H groups in total. The second kappa shape index (κ2) is 8.89. The van der Waals surface area contributed by atoms with Crippen LogP contribution in [0.4, 0.5) is 0 Å². The highest BCUT2D eigenvalue weighted by Crippen LogP contribution is 2.07. The standard InChI is InChI=1S/C15H36N2O/c1-7-16(5,6)13-15-18-14-11-12-17(8-2,9-3)10-4/h7-15H2,1-6H3/q+2. The first-order valence-electron chi connectivity index (χ1n) is 7.70. The molecule has 0 aromatic heterocycles. The smallest absolute Gasteiger partial charge is 0.102 e. The Balaban J connectivity index is 3.68. The van der Waals surface area contributed by atoms with Gasteiger partial charge in [-0.2, -0.15) is 0 Å². The monoisotopic (exact) mass is 260 g/mol. The molecule has 0 aliphatic rings. The minimum Gasteiger partial charge on any atom is -0.375 e. The van der Waals surface area contributed by atoms with E-state index in [-0.39, 0.29) is 0 Å². The van der Waals surface area contributed by atoms with Crippen molar-refractivity contribution in [2.45, 2.75) is 34.1 Å². The summed E-state index contributed by atoms with van der Waals surface area (Å²) in [6.07, 6.45) is 1.19. The van der Waals surface area contributed by atoms with Crippen LogP contribution >= 0.6 is 0 Å². The van der Waals surface area contributed by atoms with Gasteiger partial charge in [0.2, 0.25) is 0 Å². The van der Waals surface area contributed by atoms with E-state index in [2.05, 4.69) is 41.8 Å². The minimum absolute atomic E-state index is 0.894. The first-order chi connectivity index (χ1) is 8.45. The minimum atomic E-state index is 0.894. The van der Waals surface area contributed by atoms with E-state index in [1.807, 2.05) is 0 Å². The first-order valence-corrected chi connectivity index (χ1v) is 7.70. The summed E-state index contributed by atoms with van der Waals surface area (Å²) in [4.78, 5) is 0. The molecule has 0 amide bonds. The van der Waals surface area contributed by atoms with Crippen LogP contribution in [-0.2, 0) is 4.74 Å². The molecule has 18 heavy (non-hydrogen) atoms. The largest absolute Gasteiger partial charge is 0.375 e. The molecular formula is C15H36N2O+2. The SMILES string of the molecule is CC[N+](C)(C)CCOCCC[N+](CC)(CC)CC. The summed E-state index contributed by atoms with van der Waals surface area (Å²) < 4.78 is 8.07. The molecule has 0 unspecified atom stereocenters. The van der Waals surface area contributed by atoms with Gasteiger partial charge in [0.25, 0.3) is 0 Å². The summed E-state index contributed by atoms with van der Waals surface area (Å²) in [6.45, 7) is 18.2. The van der Waals surface area contributed by atoms with Gasteiger partial charge < -0.3 is 13.7 Å². The van der Waals surface area contributed by atoms with Crippen LogP contribution in [0.2, 0.25) is 0 Å². The van der Waals surface area contributed by atoms with Gasteiger partial charge in [0, 0.05) is 6.42 Å². The van der Waals surface area contributed by atoms with E-state index < -0.39 is 0 Å². The Morgan fingerprint density at radius 2 is 1.28 bits per heavy atom. The molecule has 110 valence electrons. The molecule has 0 fully saturated rings. The topological polar surface area (TPSA) is 9.23 Å². The zero-order chi connectivity index (χ0) is 14.1. The number of nitrogens with zero attached hydrogens (tertiary/aromatic N) is 2. The molecule has 0 aliphatic heterocycles. The van der Waals surface area contributed by atoms with Gasteiger partial charge in [-0.3, -0.25) is 0 Å². The average molecular weight is 260 g/mol. The molecule has 0 aromatic rings. The second-order valence-electron chi connectivity index (χ2n) is 5.96. The molecule has 0 saturated heterocycles. The summed E-state index contributed by atoms with van der Waals surface area (Å²) in [5.41, 5.74) is 0. The molecule has 0 heterocycles. The van der Waals surface area contributed by atoms with Crippen LogP contribution in [0.1, 0.15) is 34.1 Å². The maximum atomic E-state index is 5.77. The quantitative estimate of drug-likeness (QED) is 0.409. The van der Waals surface area contributed by atoms with E-state index in [1.54, 1.807) is 0 Å². The summed E-state index contributed by atoms with van der Waals surface area (Å²) >= 11 is 0. The van der Waals surface area contributed by atoms with Crippen LogP contribution in [0.25, 0.3) is 0 Å². The molecule has 3 heteroatoms. The Morgan fingerprint density at radius 3 is 1.72 bits per heavy atom. The number of likely N-dealkylation sites (N-methyl/N-ethyl adjacent to an activating group) is 1. The molecule has 0 atom stereocenters. The van der Waals surface area contributed by atoms with Crippen molar-refractivity contribution in [3.63, 3.8) is 0 Å². The molecule has 0 rings (SSSR count). The fourth-order valence-electron chi connectivity index (χ4n) is 2.22. The van der Waals surface area contributed by atoms with Crippen molar-refractivity contribution in [1.82, 2.24) is 0 Å². The number of hydrogen-bond donors (Lipinski definition) is 0. The van der Waals surface area contributed by atoms with Gasteiger partial charge in [-0.25, -0.2) is 0 Å². The fraction of sp³-hybridized carbons (Fsp3) is 1.00. The van der Waals surface area contributed by atoms with Crippen molar-refractivity contribution in [2.24, 2.45) is 0 Å². The van der Waals surface area contributed by atoms with E-state index in [0.29, 0.717) is 0 Å². The average Bonchev–Trinajstić information content (AvgIpc) is 2.39. The predicted molar refractivity (Wildman–Crippen MR) is 79.7 cm³/mol. The highest BCUT2D eigenvalue weighted by molar-refractivity contribution is 4.41. The highest BCUT2D eigenvalue weighted by Gasteiger charge is 2.19. The van der Waals surface area contributed by atoms with Gasteiger partial charge in [0.15, 0.2) is 0 Å². The number of rotatable bonds is 11. The summed E-state index contributed by atoms with van der Waals surface area (Å²) in [5, 5.41) is 0. The number of hydrogen-bond acceptors (Lipinski definition) is 1. The Kier molecular flexibility index (Phi) is 8.83. The van der Waals surface area contributed by atoms with E-state index in [0.717, 1.165) is 24.2 Å². The molecule has 3 nitrogen and oxygen atoms in total. The van der Waals surface area contributed by atoms with Gasteiger partial charge >= 0.3 is 0 Å². The molecule has 0 aromatic carbocycles. The molecule has 0 spiro atoms. The molecule has 0 radical (unpaired) electrons. The van der Waals surface area contributed by atoms with Crippen LogP contribution < -0.4 is 0 Å². The normalized spacial score (nSPS) is 13.0. The van der Waals surface area contributed by atoms with Gasteiger partial charge in [-0.1, -0.05) is 0 Å². The van der Waals surface area contributed by atoms with Crippen molar-refractivity contribution in [2.75, 3.05) is 66.6 Å². The maximum absolute atomic E-state index is 5.77. The third-order valence-electron chi connectivity index (χ3n) is 4.63. The van der Waals surface area contributed by atoms with Gasteiger partial charge in [-0.15, -0.1) is 0 Å². The van der Waals surface area contributed by atoms with Crippen molar-refractivity contribution < 1.29 is 13.7 Å². The van der Waals surface area contributed by atoms with Crippen LogP contribution in [0.5, 0.6) is 0 Å². The third kappa shape index (κ3) is 6.72. The van der Waals surface area contributed by atoms with Crippen molar-refractivity contribution in [1.29, 1.82) is 0 Å². The second-order valence-corrected chi connectivity index (χ2v) is 5.96. The van der Waals surface area contributed by atoms with Gasteiger partial charge in [0.05, 0.1) is 60.0 Å². The highest BCUT2D eigenvalue weighted by atomic mass is 16.5. The molecule has 0 saturated carbocycles. The lowest BCUT2D eigenvalue weighted by molar-refractivity contribution is -0.923. The Hall–Kier alpha value is -0.120. The van der Waals surface area contributed by atoms with Crippen molar-refractivity contribution in [3.8, 4) is 0 Å². The Morgan fingerprint density at radius 1 is 0.722 bits per heavy atom. The molecular weight excluding hydrogens is 224 g/mol. The molecule has 0 bridgehead atoms. The van der Waals surface area contributed by atoms with Crippen LogP contribution in [0.15, 0.2) is 0 Å². The lowest BCUT2D eigenvalue weighted by atomic mass is 10.3. The Bertz CT molecular complexity index is 192. The molecule has 0 aliphatic carbocycles. The Labute approximate surface area is 115 Å². The summed E-state index contributed by atoms with van der Waals surface area (Å²) in [7, 11) is 4.52. The lowest BCUT2D eigenvalue weighted by Crippen LogP contribution is -2.48. The van der Waals surface area contributed by atoms with Crippen LogP contribution in [0, 0.1) is 0 Å². The van der Waals surface area contributed by atoms with Gasteiger partial charge in [0.1, 0.15) is 6.54 Å².